The molecule has 1 heterocycles. The number of sulfonamides is 1. The van der Waals surface area contributed by atoms with Crippen LogP contribution in [0.1, 0.15) is 5.56 Å². The van der Waals surface area contributed by atoms with Gasteiger partial charge < -0.3 is 9.47 Å². The molecule has 0 aliphatic carbocycles. The van der Waals surface area contributed by atoms with Crippen LogP contribution in [0, 0.1) is 17.5 Å². The van der Waals surface area contributed by atoms with Crippen LogP contribution >= 0.6 is 0 Å². The van der Waals surface area contributed by atoms with E-state index < -0.39 is 32.4 Å². The highest BCUT2D eigenvalue weighted by atomic mass is 32.2. The minimum Gasteiger partial charge on any atom is -0.497 e. The van der Waals surface area contributed by atoms with Crippen molar-refractivity contribution in [3.8, 4) is 11.5 Å². The highest BCUT2D eigenvalue weighted by Crippen LogP contribution is 2.30. The lowest BCUT2D eigenvalue weighted by molar-refractivity contribution is 0.391. The number of nitrogens with zero attached hydrogens (tertiary/aromatic N) is 3. The number of hydrogen-bond acceptors (Lipinski definition) is 6. The minimum absolute atomic E-state index is 0.167. The number of hydrogen-bond donors (Lipinski definition) is 0. The fourth-order valence-electron chi connectivity index (χ4n) is 2.64. The number of rotatable bonds is 7. The predicted octanol–water partition coefficient (Wildman–Crippen LogP) is 3.31. The van der Waals surface area contributed by atoms with Gasteiger partial charge in [-0.2, -0.15) is 0 Å². The molecule has 0 N–H and O–H groups in total. The van der Waals surface area contributed by atoms with Gasteiger partial charge in [0.2, 0.25) is 5.95 Å². The van der Waals surface area contributed by atoms with Crippen LogP contribution in [0.25, 0.3) is 0 Å². The number of anilines is 1. The summed E-state index contributed by atoms with van der Waals surface area (Å²) in [5.41, 5.74) is 0.373. The van der Waals surface area contributed by atoms with Crippen molar-refractivity contribution < 1.29 is 31.1 Å². The monoisotopic (exact) mass is 439 g/mol. The fraction of sp³-hybridized carbons (Fsp3) is 0.158. The van der Waals surface area contributed by atoms with Gasteiger partial charge >= 0.3 is 0 Å². The second-order valence-electron chi connectivity index (χ2n) is 5.93. The van der Waals surface area contributed by atoms with E-state index in [1.165, 1.54) is 38.7 Å². The maximum atomic E-state index is 14.3. The van der Waals surface area contributed by atoms with Crippen molar-refractivity contribution in [2.45, 2.75) is 11.4 Å². The van der Waals surface area contributed by atoms with E-state index in [-0.39, 0.29) is 30.4 Å². The van der Waals surface area contributed by atoms with Crippen LogP contribution in [0.5, 0.6) is 11.5 Å². The summed E-state index contributed by atoms with van der Waals surface area (Å²) < 4.78 is 78.8. The van der Waals surface area contributed by atoms with Crippen molar-refractivity contribution in [1.82, 2.24) is 9.97 Å². The Labute approximate surface area is 170 Å². The van der Waals surface area contributed by atoms with Crippen LogP contribution in [0.3, 0.4) is 0 Å². The first-order valence-corrected chi connectivity index (χ1v) is 9.87. The van der Waals surface area contributed by atoms with E-state index in [4.69, 9.17) is 9.47 Å². The molecule has 158 valence electrons. The molecule has 0 saturated heterocycles. The first kappa shape index (κ1) is 21.4. The maximum Gasteiger partial charge on any atom is 0.270 e. The molecule has 0 saturated carbocycles. The Morgan fingerprint density at radius 1 is 0.933 bits per heavy atom. The molecule has 2 aromatic carbocycles. The zero-order valence-electron chi connectivity index (χ0n) is 15.8. The molecule has 0 fully saturated rings. The van der Waals surface area contributed by atoms with Gasteiger partial charge in [-0.15, -0.1) is 0 Å². The number of halogens is 3. The number of benzene rings is 2. The highest BCUT2D eigenvalue weighted by molar-refractivity contribution is 7.92. The van der Waals surface area contributed by atoms with Gasteiger partial charge in [-0.3, -0.25) is 0 Å². The van der Waals surface area contributed by atoms with Crippen molar-refractivity contribution in [2.24, 2.45) is 0 Å². The lowest BCUT2D eigenvalue weighted by Crippen LogP contribution is -2.33. The Morgan fingerprint density at radius 3 is 2.23 bits per heavy atom. The molecule has 0 radical (unpaired) electrons. The van der Waals surface area contributed by atoms with Crippen LogP contribution in [-0.2, 0) is 16.6 Å². The van der Waals surface area contributed by atoms with Crippen LogP contribution in [0.2, 0.25) is 0 Å². The van der Waals surface area contributed by atoms with Gasteiger partial charge in [-0.1, -0.05) is 0 Å². The molecule has 11 heteroatoms. The molecule has 0 amide bonds. The Kier molecular flexibility index (Phi) is 6.11. The van der Waals surface area contributed by atoms with Crippen LogP contribution in [0.4, 0.5) is 19.1 Å². The van der Waals surface area contributed by atoms with E-state index >= 15 is 0 Å². The van der Waals surface area contributed by atoms with Crippen molar-refractivity contribution in [1.29, 1.82) is 0 Å². The van der Waals surface area contributed by atoms with Crippen LogP contribution in [0.15, 0.2) is 53.7 Å². The first-order chi connectivity index (χ1) is 14.3. The largest absolute Gasteiger partial charge is 0.497 e. The molecule has 0 unspecified atom stereocenters. The number of aromatic nitrogens is 2. The lowest BCUT2D eigenvalue weighted by Gasteiger charge is -2.23. The SMILES string of the molecule is COc1ccc(CN(c2ncccn2)S(=O)(=O)c2cc(F)c(F)cc2F)c(OC)c1. The van der Waals surface area contributed by atoms with Gasteiger partial charge in [0.05, 0.1) is 20.8 Å². The number of methoxy groups -OCH3 is 2. The zero-order chi connectivity index (χ0) is 21.9. The molecular formula is C19H16F3N3O4S. The molecule has 7 nitrogen and oxygen atoms in total. The molecule has 0 aliphatic rings. The van der Waals surface area contributed by atoms with Gasteiger partial charge in [-0.05, 0) is 18.2 Å². The summed E-state index contributed by atoms with van der Waals surface area (Å²) in [7, 11) is -1.89. The van der Waals surface area contributed by atoms with Crippen molar-refractivity contribution in [3.63, 3.8) is 0 Å². The topological polar surface area (TPSA) is 81.6 Å². The van der Waals surface area contributed by atoms with Crippen molar-refractivity contribution in [2.75, 3.05) is 18.5 Å². The third kappa shape index (κ3) is 4.15. The third-order valence-electron chi connectivity index (χ3n) is 4.13. The van der Waals surface area contributed by atoms with Gasteiger partial charge in [0.1, 0.15) is 22.2 Å². The summed E-state index contributed by atoms with van der Waals surface area (Å²) in [6.07, 6.45) is 2.58. The van der Waals surface area contributed by atoms with E-state index in [1.54, 1.807) is 12.1 Å². The summed E-state index contributed by atoms with van der Waals surface area (Å²) in [6.45, 7) is -0.377. The summed E-state index contributed by atoms with van der Waals surface area (Å²) in [6, 6.07) is 6.56. The molecule has 1 aromatic heterocycles. The average molecular weight is 439 g/mol. The van der Waals surface area contributed by atoms with Gasteiger partial charge in [0, 0.05) is 36.2 Å². The van der Waals surface area contributed by atoms with Gasteiger partial charge in [0.25, 0.3) is 10.0 Å². The summed E-state index contributed by atoms with van der Waals surface area (Å²) in [5.74, 6) is -4.00. The molecule has 0 atom stereocenters. The van der Waals surface area contributed by atoms with Crippen LogP contribution < -0.4 is 13.8 Å². The molecule has 3 aromatic rings. The molecule has 3 rings (SSSR count). The molecule has 30 heavy (non-hydrogen) atoms. The first-order valence-electron chi connectivity index (χ1n) is 8.43. The van der Waals surface area contributed by atoms with Gasteiger partial charge in [-0.25, -0.2) is 35.9 Å². The second kappa shape index (κ2) is 8.57. The second-order valence-corrected chi connectivity index (χ2v) is 7.77. The van der Waals surface area contributed by atoms with Crippen LogP contribution in [-0.4, -0.2) is 32.6 Å². The smallest absolute Gasteiger partial charge is 0.270 e. The summed E-state index contributed by atoms with van der Waals surface area (Å²) >= 11 is 0. The van der Waals surface area contributed by atoms with Gasteiger partial charge in [0.15, 0.2) is 11.6 Å². The van der Waals surface area contributed by atoms with E-state index in [0.717, 1.165) is 0 Å². The Balaban J connectivity index is 2.14. The summed E-state index contributed by atoms with van der Waals surface area (Å²) in [5, 5.41) is 0. The third-order valence-corrected chi connectivity index (χ3v) is 5.87. The minimum atomic E-state index is -4.72. The van der Waals surface area contributed by atoms with E-state index in [1.807, 2.05) is 0 Å². The van der Waals surface area contributed by atoms with Crippen molar-refractivity contribution in [3.05, 3.63) is 71.8 Å². The van der Waals surface area contributed by atoms with Crippen molar-refractivity contribution >= 4 is 16.0 Å². The van der Waals surface area contributed by atoms with E-state index in [2.05, 4.69) is 9.97 Å². The fourth-order valence-corrected chi connectivity index (χ4v) is 4.05. The lowest BCUT2D eigenvalue weighted by atomic mass is 10.2. The quantitative estimate of drug-likeness (QED) is 0.526. The Bertz CT molecular complexity index is 1160. The Morgan fingerprint density at radius 2 is 1.60 bits per heavy atom. The molecular weight excluding hydrogens is 423 g/mol. The maximum absolute atomic E-state index is 14.3. The predicted molar refractivity (Wildman–Crippen MR) is 101 cm³/mol. The van der Waals surface area contributed by atoms with E-state index in [0.29, 0.717) is 15.6 Å². The normalized spacial score (nSPS) is 11.2. The zero-order valence-corrected chi connectivity index (χ0v) is 16.7. The van der Waals surface area contributed by atoms with E-state index in [9.17, 15) is 21.6 Å². The Hall–Kier alpha value is -3.34. The molecule has 0 bridgehead atoms. The molecule has 0 aliphatic heterocycles. The highest BCUT2D eigenvalue weighted by Gasteiger charge is 2.32. The average Bonchev–Trinajstić information content (AvgIpc) is 2.74. The number of ether oxygens (including phenoxy) is 2. The standard InChI is InChI=1S/C19H16F3N3O4S/c1-28-13-5-4-12(17(8-13)29-2)11-25(19-23-6-3-7-24-19)30(26,27)18-10-15(21)14(20)9-16(18)22/h3-10H,11H2,1-2H3. The molecule has 0 spiro atoms. The summed E-state index contributed by atoms with van der Waals surface area (Å²) in [4.78, 5) is 6.76.